The largest absolute Gasteiger partial charge is 0.299 e. The maximum atomic E-state index is 10.00. The minimum absolute atomic E-state index is 0.498. The summed E-state index contributed by atoms with van der Waals surface area (Å²) in [5, 5.41) is 0.498. The second-order valence-electron chi connectivity index (χ2n) is 2.37. The van der Waals surface area contributed by atoms with Crippen LogP contribution in [0.2, 0.25) is 5.15 Å². The van der Waals surface area contributed by atoms with Crippen molar-refractivity contribution in [3.63, 3.8) is 0 Å². The smallest absolute Gasteiger partial charge is 0.142 e. The molecule has 1 rings (SSSR count). The van der Waals surface area contributed by atoms with E-state index in [2.05, 4.69) is 4.98 Å². The highest BCUT2D eigenvalue weighted by molar-refractivity contribution is 6.30. The van der Waals surface area contributed by atoms with Gasteiger partial charge in [-0.05, 0) is 30.2 Å². The van der Waals surface area contributed by atoms with Crippen LogP contribution in [-0.2, 0) is 4.79 Å². The van der Waals surface area contributed by atoms with Crippen molar-refractivity contribution in [2.45, 2.75) is 6.92 Å². The second kappa shape index (κ2) is 4.02. The lowest BCUT2D eigenvalue weighted by molar-refractivity contribution is -0.104. The van der Waals surface area contributed by atoms with Gasteiger partial charge in [0.25, 0.3) is 0 Å². The summed E-state index contributed by atoms with van der Waals surface area (Å²) in [4.78, 5) is 13.9. The third-order valence-corrected chi connectivity index (χ3v) is 1.80. The molecule has 2 nitrogen and oxygen atoms in total. The number of carbonyl (C=O) groups is 1. The van der Waals surface area contributed by atoms with Gasteiger partial charge in [-0.25, -0.2) is 4.98 Å². The van der Waals surface area contributed by atoms with Crippen LogP contribution in [0.5, 0.6) is 0 Å². The van der Waals surface area contributed by atoms with Gasteiger partial charge in [0.15, 0.2) is 0 Å². The zero-order valence-corrected chi connectivity index (χ0v) is 7.38. The van der Waals surface area contributed by atoms with Crippen LogP contribution in [0.15, 0.2) is 18.3 Å². The summed E-state index contributed by atoms with van der Waals surface area (Å²) in [5.74, 6) is 0. The summed E-state index contributed by atoms with van der Waals surface area (Å²) < 4.78 is 0. The zero-order valence-electron chi connectivity index (χ0n) is 6.62. The van der Waals surface area contributed by atoms with Gasteiger partial charge in [-0.15, -0.1) is 0 Å². The minimum atomic E-state index is 0.498. The maximum absolute atomic E-state index is 10.00. The van der Waals surface area contributed by atoms with Crippen molar-refractivity contribution < 1.29 is 4.79 Å². The lowest BCUT2D eigenvalue weighted by Crippen LogP contribution is -1.82. The van der Waals surface area contributed by atoms with E-state index in [9.17, 15) is 4.79 Å². The Hall–Kier alpha value is -1.15. The molecule has 62 valence electrons. The van der Waals surface area contributed by atoms with E-state index in [1.165, 1.54) is 6.08 Å². The molecular weight excluding hydrogens is 174 g/mol. The molecule has 0 saturated heterocycles. The number of carbonyl (C=O) groups excluding carboxylic acids is 1. The fourth-order valence-electron chi connectivity index (χ4n) is 0.821. The molecule has 0 aromatic carbocycles. The first-order chi connectivity index (χ1) is 5.74. The Morgan fingerprint density at radius 2 is 2.33 bits per heavy atom. The number of rotatable bonds is 2. The lowest BCUT2D eigenvalue weighted by atomic mass is 10.2. The lowest BCUT2D eigenvalue weighted by Gasteiger charge is -1.96. The second-order valence-corrected chi connectivity index (χ2v) is 2.73. The number of hydrogen-bond donors (Lipinski definition) is 0. The molecule has 0 unspecified atom stereocenters. The quantitative estimate of drug-likeness (QED) is 0.398. The summed E-state index contributed by atoms with van der Waals surface area (Å²) in [5.41, 5.74) is 1.79. The summed E-state index contributed by atoms with van der Waals surface area (Å²) in [6, 6.07) is 1.87. The summed E-state index contributed by atoms with van der Waals surface area (Å²) >= 11 is 5.71. The fraction of sp³-hybridized carbons (Fsp3) is 0.111. The first kappa shape index (κ1) is 8.94. The number of aryl methyl sites for hydroxylation is 1. The van der Waals surface area contributed by atoms with E-state index in [-0.39, 0.29) is 0 Å². The van der Waals surface area contributed by atoms with Gasteiger partial charge in [-0.3, -0.25) is 4.79 Å². The molecule has 0 N–H and O–H groups in total. The van der Waals surface area contributed by atoms with Crippen molar-refractivity contribution in [3.05, 3.63) is 34.6 Å². The minimum Gasteiger partial charge on any atom is -0.299 e. The number of pyridine rings is 1. The predicted octanol–water partition coefficient (Wildman–Crippen LogP) is 2.26. The van der Waals surface area contributed by atoms with Gasteiger partial charge in [0.2, 0.25) is 0 Å². The van der Waals surface area contributed by atoms with Crippen LogP contribution in [0, 0.1) is 6.92 Å². The summed E-state index contributed by atoms with van der Waals surface area (Å²) in [6.07, 6.45) is 5.45. The van der Waals surface area contributed by atoms with Gasteiger partial charge < -0.3 is 0 Å². The topological polar surface area (TPSA) is 30.0 Å². The standard InChI is InChI=1S/C9H8ClNO/c1-7-5-8(3-2-4-12)6-11-9(7)10/h2-6H,1H3/b3-2+. The van der Waals surface area contributed by atoms with Crippen LogP contribution in [0.25, 0.3) is 6.08 Å². The van der Waals surface area contributed by atoms with Crippen LogP contribution in [0.3, 0.4) is 0 Å². The van der Waals surface area contributed by atoms with Crippen LogP contribution in [0.1, 0.15) is 11.1 Å². The molecule has 0 amide bonds. The summed E-state index contributed by atoms with van der Waals surface area (Å²) in [6.45, 7) is 1.87. The van der Waals surface area contributed by atoms with Gasteiger partial charge in [0, 0.05) is 6.20 Å². The van der Waals surface area contributed by atoms with E-state index < -0.39 is 0 Å². The molecule has 0 fully saturated rings. The monoisotopic (exact) mass is 181 g/mol. The predicted molar refractivity (Wildman–Crippen MR) is 49.1 cm³/mol. The highest BCUT2D eigenvalue weighted by Crippen LogP contribution is 2.13. The van der Waals surface area contributed by atoms with Crippen molar-refractivity contribution in [3.8, 4) is 0 Å². The Balaban J connectivity index is 2.96. The van der Waals surface area contributed by atoms with Crippen LogP contribution < -0.4 is 0 Å². The molecular formula is C9H8ClNO. The first-order valence-electron chi connectivity index (χ1n) is 3.48. The molecule has 12 heavy (non-hydrogen) atoms. The molecule has 0 aliphatic heterocycles. The maximum Gasteiger partial charge on any atom is 0.142 e. The number of nitrogens with zero attached hydrogens (tertiary/aromatic N) is 1. The van der Waals surface area contributed by atoms with E-state index in [1.54, 1.807) is 12.3 Å². The summed E-state index contributed by atoms with van der Waals surface area (Å²) in [7, 11) is 0. The van der Waals surface area contributed by atoms with E-state index in [0.29, 0.717) is 5.15 Å². The van der Waals surface area contributed by atoms with E-state index in [1.807, 2.05) is 13.0 Å². The van der Waals surface area contributed by atoms with Gasteiger partial charge >= 0.3 is 0 Å². The average Bonchev–Trinajstić information content (AvgIpc) is 2.07. The van der Waals surface area contributed by atoms with E-state index in [0.717, 1.165) is 17.4 Å². The van der Waals surface area contributed by atoms with Gasteiger partial charge in [-0.1, -0.05) is 17.7 Å². The molecule has 0 spiro atoms. The Morgan fingerprint density at radius 1 is 1.58 bits per heavy atom. The number of aldehydes is 1. The van der Waals surface area contributed by atoms with E-state index >= 15 is 0 Å². The molecule has 0 atom stereocenters. The number of hydrogen-bond acceptors (Lipinski definition) is 2. The van der Waals surface area contributed by atoms with Crippen LogP contribution in [0.4, 0.5) is 0 Å². The Labute approximate surface area is 75.9 Å². The highest BCUT2D eigenvalue weighted by atomic mass is 35.5. The van der Waals surface area contributed by atoms with Crippen molar-refractivity contribution in [2.75, 3.05) is 0 Å². The molecule has 1 aromatic rings. The number of aromatic nitrogens is 1. The molecule has 0 aliphatic rings. The Bertz CT molecular complexity index is 320. The van der Waals surface area contributed by atoms with Gasteiger partial charge in [-0.2, -0.15) is 0 Å². The number of allylic oxidation sites excluding steroid dienone is 1. The van der Waals surface area contributed by atoms with E-state index in [4.69, 9.17) is 11.6 Å². The highest BCUT2D eigenvalue weighted by Gasteiger charge is 1.95. The first-order valence-corrected chi connectivity index (χ1v) is 3.86. The van der Waals surface area contributed by atoms with Gasteiger partial charge in [0.05, 0.1) is 0 Å². The third kappa shape index (κ3) is 2.17. The zero-order chi connectivity index (χ0) is 8.97. The SMILES string of the molecule is Cc1cc(/C=C/C=O)cnc1Cl. The van der Waals surface area contributed by atoms with Crippen molar-refractivity contribution >= 4 is 24.0 Å². The Kier molecular flexibility index (Phi) is 3.00. The normalized spacial score (nSPS) is 10.5. The van der Waals surface area contributed by atoms with Crippen molar-refractivity contribution in [1.29, 1.82) is 0 Å². The number of halogens is 1. The van der Waals surface area contributed by atoms with Crippen molar-refractivity contribution in [1.82, 2.24) is 4.98 Å². The average molecular weight is 182 g/mol. The third-order valence-electron chi connectivity index (χ3n) is 1.40. The molecule has 1 aromatic heterocycles. The molecule has 0 radical (unpaired) electrons. The van der Waals surface area contributed by atoms with Crippen LogP contribution >= 0.6 is 11.6 Å². The molecule has 0 aliphatic carbocycles. The fourth-order valence-corrected chi connectivity index (χ4v) is 0.925. The van der Waals surface area contributed by atoms with Gasteiger partial charge in [0.1, 0.15) is 11.4 Å². The Morgan fingerprint density at radius 3 is 2.92 bits per heavy atom. The molecule has 0 saturated carbocycles. The van der Waals surface area contributed by atoms with Crippen LogP contribution in [-0.4, -0.2) is 11.3 Å². The molecule has 3 heteroatoms. The van der Waals surface area contributed by atoms with Crippen molar-refractivity contribution in [2.24, 2.45) is 0 Å². The molecule has 1 heterocycles. The molecule has 0 bridgehead atoms.